The van der Waals surface area contributed by atoms with Gasteiger partial charge in [0.1, 0.15) is 12.4 Å². The molecule has 1 aromatic carbocycles. The summed E-state index contributed by atoms with van der Waals surface area (Å²) < 4.78 is 5.54. The number of aryl methyl sites for hydroxylation is 1. The van der Waals surface area contributed by atoms with Crippen LogP contribution < -0.4 is 15.8 Å². The standard InChI is InChI=1S/C14H17N3O2S/c1-10-3-2-4-12(7-10)19-6-5-16-13(18)8-11-9-20-14(15)17-11/h2-4,7,9H,5-6,8H2,1H3,(H2,15,17)(H,16,18). The summed E-state index contributed by atoms with van der Waals surface area (Å²) in [5.74, 6) is 0.731. The van der Waals surface area contributed by atoms with Gasteiger partial charge in [-0.05, 0) is 24.6 Å². The number of nitrogens with zero attached hydrogens (tertiary/aromatic N) is 1. The summed E-state index contributed by atoms with van der Waals surface area (Å²) in [5, 5.41) is 5.06. The van der Waals surface area contributed by atoms with E-state index < -0.39 is 0 Å². The fourth-order valence-electron chi connectivity index (χ4n) is 1.70. The fraction of sp³-hybridized carbons (Fsp3) is 0.286. The van der Waals surface area contributed by atoms with Crippen molar-refractivity contribution < 1.29 is 9.53 Å². The number of nitrogen functional groups attached to an aromatic ring is 1. The van der Waals surface area contributed by atoms with E-state index in [1.54, 1.807) is 5.38 Å². The molecule has 6 heteroatoms. The number of carbonyl (C=O) groups excluding carboxylic acids is 1. The van der Waals surface area contributed by atoms with Crippen LogP contribution in [0, 0.1) is 6.92 Å². The van der Waals surface area contributed by atoms with Gasteiger partial charge in [-0.1, -0.05) is 12.1 Å². The van der Waals surface area contributed by atoms with Gasteiger partial charge in [-0.3, -0.25) is 4.79 Å². The number of thiazole rings is 1. The van der Waals surface area contributed by atoms with Crippen molar-refractivity contribution in [3.8, 4) is 5.75 Å². The van der Waals surface area contributed by atoms with Crippen LogP contribution in [0.4, 0.5) is 5.13 Å². The molecule has 2 aromatic rings. The number of rotatable bonds is 6. The van der Waals surface area contributed by atoms with Crippen LogP contribution in [0.3, 0.4) is 0 Å². The third-order valence-corrected chi connectivity index (χ3v) is 3.32. The van der Waals surface area contributed by atoms with E-state index in [0.29, 0.717) is 24.0 Å². The molecule has 0 unspecified atom stereocenters. The minimum absolute atomic E-state index is 0.0804. The zero-order valence-corrected chi connectivity index (χ0v) is 12.1. The summed E-state index contributed by atoms with van der Waals surface area (Å²) in [6.07, 6.45) is 0.248. The molecule has 0 bridgehead atoms. The highest BCUT2D eigenvalue weighted by molar-refractivity contribution is 7.13. The predicted molar refractivity (Wildman–Crippen MR) is 79.9 cm³/mol. The molecular weight excluding hydrogens is 274 g/mol. The molecule has 1 aromatic heterocycles. The van der Waals surface area contributed by atoms with Crippen LogP contribution in [0.15, 0.2) is 29.6 Å². The maximum atomic E-state index is 11.6. The zero-order chi connectivity index (χ0) is 14.4. The summed E-state index contributed by atoms with van der Waals surface area (Å²) in [6, 6.07) is 7.80. The Hall–Kier alpha value is -2.08. The number of hydrogen-bond acceptors (Lipinski definition) is 5. The summed E-state index contributed by atoms with van der Waals surface area (Å²) in [4.78, 5) is 15.7. The predicted octanol–water partition coefficient (Wildman–Crippen LogP) is 1.77. The molecule has 0 atom stereocenters. The van der Waals surface area contributed by atoms with Crippen LogP contribution in [0.5, 0.6) is 5.75 Å². The Bertz CT molecular complexity index is 583. The monoisotopic (exact) mass is 291 g/mol. The molecule has 0 saturated carbocycles. The van der Waals surface area contributed by atoms with Crippen LogP contribution in [0.2, 0.25) is 0 Å². The summed E-state index contributed by atoms with van der Waals surface area (Å²) in [5.41, 5.74) is 7.35. The van der Waals surface area contributed by atoms with Crippen molar-refractivity contribution in [3.63, 3.8) is 0 Å². The number of amides is 1. The highest BCUT2D eigenvalue weighted by Gasteiger charge is 2.06. The number of anilines is 1. The molecule has 0 aliphatic carbocycles. The smallest absolute Gasteiger partial charge is 0.226 e. The number of benzene rings is 1. The SMILES string of the molecule is Cc1cccc(OCCNC(=O)Cc2csc(N)n2)c1. The number of carbonyl (C=O) groups is 1. The van der Waals surface area contributed by atoms with Crippen molar-refractivity contribution in [3.05, 3.63) is 40.9 Å². The Morgan fingerprint density at radius 3 is 3.05 bits per heavy atom. The van der Waals surface area contributed by atoms with Gasteiger partial charge in [0.05, 0.1) is 18.7 Å². The van der Waals surface area contributed by atoms with Gasteiger partial charge in [0.15, 0.2) is 5.13 Å². The van der Waals surface area contributed by atoms with Gasteiger partial charge in [-0.2, -0.15) is 0 Å². The average Bonchev–Trinajstić information content (AvgIpc) is 2.80. The lowest BCUT2D eigenvalue weighted by Gasteiger charge is -2.07. The van der Waals surface area contributed by atoms with Crippen molar-refractivity contribution in [1.82, 2.24) is 10.3 Å². The molecule has 1 amide bonds. The molecule has 106 valence electrons. The minimum atomic E-state index is -0.0804. The molecule has 1 heterocycles. The normalized spacial score (nSPS) is 10.2. The van der Waals surface area contributed by atoms with E-state index in [-0.39, 0.29) is 12.3 Å². The molecule has 5 nitrogen and oxygen atoms in total. The Morgan fingerprint density at radius 1 is 1.50 bits per heavy atom. The average molecular weight is 291 g/mol. The topological polar surface area (TPSA) is 77.2 Å². The Kier molecular flexibility index (Phi) is 4.95. The van der Waals surface area contributed by atoms with E-state index in [4.69, 9.17) is 10.5 Å². The minimum Gasteiger partial charge on any atom is -0.492 e. The Labute approximate surface area is 121 Å². The quantitative estimate of drug-likeness (QED) is 0.795. The maximum absolute atomic E-state index is 11.6. The number of aromatic nitrogens is 1. The van der Waals surface area contributed by atoms with Crippen LogP contribution >= 0.6 is 11.3 Å². The van der Waals surface area contributed by atoms with Gasteiger partial charge >= 0.3 is 0 Å². The Balaban J connectivity index is 1.67. The number of ether oxygens (including phenoxy) is 1. The molecule has 0 aliphatic rings. The zero-order valence-electron chi connectivity index (χ0n) is 11.3. The van der Waals surface area contributed by atoms with E-state index in [0.717, 1.165) is 11.3 Å². The first-order chi connectivity index (χ1) is 9.63. The van der Waals surface area contributed by atoms with E-state index in [9.17, 15) is 4.79 Å². The van der Waals surface area contributed by atoms with Crippen molar-refractivity contribution in [2.45, 2.75) is 13.3 Å². The van der Waals surface area contributed by atoms with Crippen molar-refractivity contribution in [2.75, 3.05) is 18.9 Å². The maximum Gasteiger partial charge on any atom is 0.226 e. The van der Waals surface area contributed by atoms with E-state index in [1.165, 1.54) is 11.3 Å². The summed E-state index contributed by atoms with van der Waals surface area (Å²) >= 11 is 1.34. The summed E-state index contributed by atoms with van der Waals surface area (Å²) in [6.45, 7) is 2.91. The Morgan fingerprint density at radius 2 is 2.35 bits per heavy atom. The van der Waals surface area contributed by atoms with Gasteiger partial charge in [-0.25, -0.2) is 4.98 Å². The molecule has 3 N–H and O–H groups in total. The van der Waals surface area contributed by atoms with E-state index in [1.807, 2.05) is 31.2 Å². The number of nitrogens with two attached hydrogens (primary N) is 1. The second kappa shape index (κ2) is 6.91. The van der Waals surface area contributed by atoms with Gasteiger partial charge in [0.25, 0.3) is 0 Å². The lowest BCUT2D eigenvalue weighted by molar-refractivity contribution is -0.120. The van der Waals surface area contributed by atoms with Gasteiger partial charge in [0, 0.05) is 5.38 Å². The largest absolute Gasteiger partial charge is 0.492 e. The van der Waals surface area contributed by atoms with Crippen molar-refractivity contribution >= 4 is 22.4 Å². The number of hydrogen-bond donors (Lipinski definition) is 2. The first kappa shape index (κ1) is 14.3. The molecule has 0 saturated heterocycles. The summed E-state index contributed by atoms with van der Waals surface area (Å²) in [7, 11) is 0. The first-order valence-electron chi connectivity index (χ1n) is 6.29. The van der Waals surface area contributed by atoms with Crippen LogP contribution in [0.1, 0.15) is 11.3 Å². The molecule has 2 rings (SSSR count). The fourth-order valence-corrected chi connectivity index (χ4v) is 2.26. The van der Waals surface area contributed by atoms with E-state index >= 15 is 0 Å². The van der Waals surface area contributed by atoms with Crippen LogP contribution in [0.25, 0.3) is 0 Å². The van der Waals surface area contributed by atoms with E-state index in [2.05, 4.69) is 10.3 Å². The lowest BCUT2D eigenvalue weighted by Crippen LogP contribution is -2.29. The molecule has 0 fully saturated rings. The van der Waals surface area contributed by atoms with Gasteiger partial charge < -0.3 is 15.8 Å². The molecular formula is C14H17N3O2S. The third kappa shape index (κ3) is 4.55. The first-order valence-corrected chi connectivity index (χ1v) is 7.17. The molecule has 0 spiro atoms. The van der Waals surface area contributed by atoms with Crippen molar-refractivity contribution in [1.29, 1.82) is 0 Å². The van der Waals surface area contributed by atoms with Crippen molar-refractivity contribution in [2.24, 2.45) is 0 Å². The van der Waals surface area contributed by atoms with Gasteiger partial charge in [-0.15, -0.1) is 11.3 Å². The molecule has 0 radical (unpaired) electrons. The lowest BCUT2D eigenvalue weighted by atomic mass is 10.2. The van der Waals surface area contributed by atoms with Gasteiger partial charge in [0.2, 0.25) is 5.91 Å². The molecule has 0 aliphatic heterocycles. The number of nitrogens with one attached hydrogen (secondary N) is 1. The highest BCUT2D eigenvalue weighted by atomic mass is 32.1. The van der Waals surface area contributed by atoms with Crippen LogP contribution in [-0.2, 0) is 11.2 Å². The molecule has 20 heavy (non-hydrogen) atoms. The second-order valence-corrected chi connectivity index (χ2v) is 5.26. The third-order valence-electron chi connectivity index (χ3n) is 2.59. The highest BCUT2D eigenvalue weighted by Crippen LogP contribution is 2.12. The second-order valence-electron chi connectivity index (χ2n) is 4.37. The van der Waals surface area contributed by atoms with Crippen LogP contribution in [-0.4, -0.2) is 24.0 Å².